The minimum absolute atomic E-state index is 0.0812. The summed E-state index contributed by atoms with van der Waals surface area (Å²) in [6.07, 6.45) is 5.31. The molecule has 7 nitrogen and oxygen atoms in total. The Hall–Kier alpha value is -2.44. The minimum atomic E-state index is -0.0812. The molecule has 0 bridgehead atoms. The van der Waals surface area contributed by atoms with Gasteiger partial charge in [-0.25, -0.2) is 15.0 Å². The van der Waals surface area contributed by atoms with Crippen LogP contribution in [-0.4, -0.2) is 46.1 Å². The number of H-pyrrole nitrogens is 1. The first-order valence-electron chi connectivity index (χ1n) is 7.63. The molecule has 0 saturated carbocycles. The quantitative estimate of drug-likeness (QED) is 0.901. The van der Waals surface area contributed by atoms with Crippen LogP contribution in [0.5, 0.6) is 0 Å². The van der Waals surface area contributed by atoms with Gasteiger partial charge in [-0.2, -0.15) is 0 Å². The largest absolute Gasteiger partial charge is 0.339 e. The van der Waals surface area contributed by atoms with Gasteiger partial charge in [-0.3, -0.25) is 9.78 Å². The fraction of sp³-hybridized carbons (Fsp3) is 0.467. The number of hydrogen-bond donors (Lipinski definition) is 1. The average molecular weight is 300 g/mol. The molecule has 7 heteroatoms. The van der Waals surface area contributed by atoms with Gasteiger partial charge in [-0.1, -0.05) is 13.3 Å². The summed E-state index contributed by atoms with van der Waals surface area (Å²) in [7, 11) is 0. The molecule has 0 unspecified atom stereocenters. The second kappa shape index (κ2) is 6.55. The van der Waals surface area contributed by atoms with Gasteiger partial charge in [0.15, 0.2) is 0 Å². The molecule has 3 heterocycles. The number of nitrogens with zero attached hydrogens (tertiary/aromatic N) is 5. The van der Waals surface area contributed by atoms with Crippen LogP contribution in [0.3, 0.4) is 0 Å². The molecule has 0 amide bonds. The van der Waals surface area contributed by atoms with Crippen LogP contribution >= 0.6 is 0 Å². The Morgan fingerprint density at radius 2 is 1.82 bits per heavy atom. The molecule has 0 aliphatic carbocycles. The van der Waals surface area contributed by atoms with Crippen molar-refractivity contribution in [1.29, 1.82) is 0 Å². The third-order valence-corrected chi connectivity index (χ3v) is 3.70. The summed E-state index contributed by atoms with van der Waals surface area (Å²) in [5.41, 5.74) is 0.775. The lowest BCUT2D eigenvalue weighted by molar-refractivity contribution is 0.625. The molecule has 0 radical (unpaired) electrons. The molecule has 1 saturated heterocycles. The summed E-state index contributed by atoms with van der Waals surface area (Å²) in [5, 5.41) is 0. The first-order chi connectivity index (χ1) is 10.8. The third-order valence-electron chi connectivity index (χ3n) is 3.70. The van der Waals surface area contributed by atoms with Gasteiger partial charge in [0.2, 0.25) is 11.9 Å². The molecule has 1 N–H and O–H groups in total. The minimum Gasteiger partial charge on any atom is -0.339 e. The van der Waals surface area contributed by atoms with Crippen molar-refractivity contribution in [2.24, 2.45) is 0 Å². The number of aromatic nitrogens is 4. The standard InChI is InChI=1S/C15H20N6O/c1-2-4-12-11-13(22)19-15(18-12)21-9-7-20(8-10-21)14-16-5-3-6-17-14/h3,5-6,11H,2,4,7-10H2,1H3,(H,18,19,22). The second-order valence-electron chi connectivity index (χ2n) is 5.33. The molecule has 0 atom stereocenters. The van der Waals surface area contributed by atoms with Crippen molar-refractivity contribution in [2.75, 3.05) is 36.0 Å². The fourth-order valence-corrected chi connectivity index (χ4v) is 2.60. The van der Waals surface area contributed by atoms with Crippen molar-refractivity contribution in [1.82, 2.24) is 19.9 Å². The second-order valence-corrected chi connectivity index (χ2v) is 5.33. The first-order valence-corrected chi connectivity index (χ1v) is 7.63. The van der Waals surface area contributed by atoms with Gasteiger partial charge in [0, 0.05) is 50.3 Å². The molecular weight excluding hydrogens is 280 g/mol. The van der Waals surface area contributed by atoms with E-state index < -0.39 is 0 Å². The average Bonchev–Trinajstić information content (AvgIpc) is 2.56. The Morgan fingerprint density at radius 3 is 2.50 bits per heavy atom. The summed E-state index contributed by atoms with van der Waals surface area (Å²) < 4.78 is 0. The highest BCUT2D eigenvalue weighted by Crippen LogP contribution is 2.14. The maximum atomic E-state index is 11.8. The number of nitrogens with one attached hydrogen (secondary N) is 1. The van der Waals surface area contributed by atoms with E-state index in [9.17, 15) is 4.79 Å². The lowest BCUT2D eigenvalue weighted by Gasteiger charge is -2.34. The number of rotatable bonds is 4. The van der Waals surface area contributed by atoms with Crippen LogP contribution in [0, 0.1) is 0 Å². The van der Waals surface area contributed by atoms with E-state index in [-0.39, 0.29) is 5.56 Å². The molecule has 0 spiro atoms. The van der Waals surface area contributed by atoms with Crippen molar-refractivity contribution in [3.05, 3.63) is 40.6 Å². The van der Waals surface area contributed by atoms with E-state index in [4.69, 9.17) is 0 Å². The monoisotopic (exact) mass is 300 g/mol. The number of aromatic amines is 1. The summed E-state index contributed by atoms with van der Waals surface area (Å²) in [6.45, 7) is 5.28. The van der Waals surface area contributed by atoms with Gasteiger partial charge in [0.25, 0.3) is 5.56 Å². The van der Waals surface area contributed by atoms with Crippen LogP contribution in [0.4, 0.5) is 11.9 Å². The van der Waals surface area contributed by atoms with Gasteiger partial charge in [0.1, 0.15) is 0 Å². The predicted molar refractivity (Wildman–Crippen MR) is 85.3 cm³/mol. The number of anilines is 2. The summed E-state index contributed by atoms with van der Waals surface area (Å²) >= 11 is 0. The van der Waals surface area contributed by atoms with Gasteiger partial charge in [-0.05, 0) is 12.5 Å². The Kier molecular flexibility index (Phi) is 4.32. The zero-order valence-electron chi connectivity index (χ0n) is 12.7. The molecule has 0 aromatic carbocycles. The van der Waals surface area contributed by atoms with Crippen molar-refractivity contribution in [2.45, 2.75) is 19.8 Å². The Labute approximate surface area is 129 Å². The van der Waals surface area contributed by atoms with Crippen LogP contribution in [0.25, 0.3) is 0 Å². The predicted octanol–water partition coefficient (Wildman–Crippen LogP) is 0.839. The molecule has 1 fully saturated rings. The molecule has 1 aliphatic heterocycles. The van der Waals surface area contributed by atoms with Gasteiger partial charge >= 0.3 is 0 Å². The normalized spacial score (nSPS) is 15.1. The van der Waals surface area contributed by atoms with E-state index in [2.05, 4.69) is 36.7 Å². The van der Waals surface area contributed by atoms with Crippen LogP contribution in [0.15, 0.2) is 29.3 Å². The Bertz CT molecular complexity index is 663. The maximum absolute atomic E-state index is 11.8. The van der Waals surface area contributed by atoms with Crippen LogP contribution in [-0.2, 0) is 6.42 Å². The van der Waals surface area contributed by atoms with Crippen molar-refractivity contribution < 1.29 is 0 Å². The lowest BCUT2D eigenvalue weighted by atomic mass is 10.2. The number of aryl methyl sites for hydroxylation is 1. The zero-order chi connectivity index (χ0) is 15.4. The zero-order valence-corrected chi connectivity index (χ0v) is 12.7. The Balaban J connectivity index is 1.70. The van der Waals surface area contributed by atoms with E-state index in [1.165, 1.54) is 0 Å². The highest BCUT2D eigenvalue weighted by atomic mass is 16.1. The van der Waals surface area contributed by atoms with E-state index in [1.807, 2.05) is 6.07 Å². The molecule has 1 aliphatic rings. The molecular formula is C15H20N6O. The maximum Gasteiger partial charge on any atom is 0.252 e. The van der Waals surface area contributed by atoms with Gasteiger partial charge < -0.3 is 9.80 Å². The highest BCUT2D eigenvalue weighted by molar-refractivity contribution is 5.37. The van der Waals surface area contributed by atoms with E-state index >= 15 is 0 Å². The molecule has 22 heavy (non-hydrogen) atoms. The van der Waals surface area contributed by atoms with Crippen molar-refractivity contribution in [3.63, 3.8) is 0 Å². The molecule has 3 rings (SSSR count). The Morgan fingerprint density at radius 1 is 1.14 bits per heavy atom. The topological polar surface area (TPSA) is 78.0 Å². The SMILES string of the molecule is CCCc1cc(=O)[nH]c(N2CCN(c3ncccn3)CC2)n1. The lowest BCUT2D eigenvalue weighted by Crippen LogP contribution is -2.48. The van der Waals surface area contributed by atoms with Crippen LogP contribution < -0.4 is 15.4 Å². The molecule has 2 aromatic rings. The number of piperazine rings is 1. The molecule has 2 aromatic heterocycles. The van der Waals surface area contributed by atoms with Gasteiger partial charge in [0.05, 0.1) is 0 Å². The van der Waals surface area contributed by atoms with Crippen molar-refractivity contribution >= 4 is 11.9 Å². The smallest absolute Gasteiger partial charge is 0.252 e. The van der Waals surface area contributed by atoms with E-state index in [1.54, 1.807) is 18.5 Å². The van der Waals surface area contributed by atoms with Gasteiger partial charge in [-0.15, -0.1) is 0 Å². The molecule has 116 valence electrons. The van der Waals surface area contributed by atoms with Crippen molar-refractivity contribution in [3.8, 4) is 0 Å². The fourth-order valence-electron chi connectivity index (χ4n) is 2.60. The van der Waals surface area contributed by atoms with Crippen LogP contribution in [0.1, 0.15) is 19.0 Å². The third kappa shape index (κ3) is 3.24. The summed E-state index contributed by atoms with van der Waals surface area (Å²) in [6, 6.07) is 3.40. The highest BCUT2D eigenvalue weighted by Gasteiger charge is 2.20. The van der Waals surface area contributed by atoms with Crippen LogP contribution in [0.2, 0.25) is 0 Å². The first kappa shape index (κ1) is 14.5. The summed E-state index contributed by atoms with van der Waals surface area (Å²) in [4.78, 5) is 32.0. The van der Waals surface area contributed by atoms with E-state index in [0.29, 0.717) is 5.95 Å². The number of hydrogen-bond acceptors (Lipinski definition) is 6. The van der Waals surface area contributed by atoms with E-state index in [0.717, 1.165) is 50.7 Å². The summed E-state index contributed by atoms with van der Waals surface area (Å²) in [5.74, 6) is 1.42.